The molecular weight excluding hydrogens is 260 g/mol. The van der Waals surface area contributed by atoms with Crippen LogP contribution in [-0.2, 0) is 9.53 Å². The zero-order valence-electron chi connectivity index (χ0n) is 12.8. The van der Waals surface area contributed by atoms with E-state index in [4.69, 9.17) is 4.74 Å². The van der Waals surface area contributed by atoms with Crippen LogP contribution in [0, 0.1) is 5.92 Å². The van der Waals surface area contributed by atoms with Crippen LogP contribution in [-0.4, -0.2) is 66.3 Å². The molecule has 0 radical (unpaired) electrons. The molecule has 2 amide bonds. The van der Waals surface area contributed by atoms with Gasteiger partial charge in [-0.1, -0.05) is 13.3 Å². The molecule has 0 aliphatic carbocycles. The zero-order chi connectivity index (χ0) is 15.3. The van der Waals surface area contributed by atoms with E-state index in [9.17, 15) is 14.7 Å². The number of urea groups is 1. The van der Waals surface area contributed by atoms with Crippen LogP contribution in [0.3, 0.4) is 0 Å². The molecule has 1 saturated heterocycles. The van der Waals surface area contributed by atoms with Crippen molar-refractivity contribution in [2.24, 2.45) is 5.92 Å². The molecule has 1 aliphatic heterocycles. The Morgan fingerprint density at radius 2 is 2.15 bits per heavy atom. The molecule has 20 heavy (non-hydrogen) atoms. The summed E-state index contributed by atoms with van der Waals surface area (Å²) in [6.45, 7) is 4.90. The highest BCUT2D eigenvalue weighted by molar-refractivity contribution is 5.83. The monoisotopic (exact) mass is 286 g/mol. The lowest BCUT2D eigenvalue weighted by Gasteiger charge is -2.40. The molecule has 6 heteroatoms. The van der Waals surface area contributed by atoms with Crippen molar-refractivity contribution in [2.75, 3.05) is 27.3 Å². The van der Waals surface area contributed by atoms with Gasteiger partial charge in [0, 0.05) is 20.7 Å². The number of carboxylic acids is 1. The van der Waals surface area contributed by atoms with Crippen LogP contribution in [0.1, 0.15) is 33.1 Å². The number of likely N-dealkylation sites (tertiary alicyclic amines) is 1. The van der Waals surface area contributed by atoms with Gasteiger partial charge in [-0.25, -0.2) is 9.59 Å². The lowest BCUT2D eigenvalue weighted by molar-refractivity contribution is -0.144. The minimum atomic E-state index is -0.913. The van der Waals surface area contributed by atoms with E-state index in [1.165, 1.54) is 4.90 Å². The van der Waals surface area contributed by atoms with Crippen LogP contribution in [0.4, 0.5) is 4.79 Å². The number of piperidine rings is 1. The highest BCUT2D eigenvalue weighted by Crippen LogP contribution is 2.26. The number of rotatable bonds is 5. The average molecular weight is 286 g/mol. The SMILES string of the molecule is CCC1CCN(C(=O)N(C)C(C)COC)C(C(=O)O)C1. The first kappa shape index (κ1) is 16.8. The third-order valence-electron chi connectivity index (χ3n) is 4.19. The highest BCUT2D eigenvalue weighted by Gasteiger charge is 2.37. The number of amides is 2. The molecule has 3 atom stereocenters. The number of nitrogens with zero attached hydrogens (tertiary/aromatic N) is 2. The standard InChI is InChI=1S/C14H26N2O4/c1-5-11-6-7-16(12(8-11)13(17)18)14(19)15(3)10(2)9-20-4/h10-12H,5-9H2,1-4H3,(H,17,18). The Balaban J connectivity index is 2.76. The van der Waals surface area contributed by atoms with Gasteiger partial charge in [-0.3, -0.25) is 0 Å². The second-order valence-electron chi connectivity index (χ2n) is 5.54. The normalized spacial score (nSPS) is 24.3. The van der Waals surface area contributed by atoms with Crippen molar-refractivity contribution in [3.05, 3.63) is 0 Å². The first-order chi connectivity index (χ1) is 9.42. The van der Waals surface area contributed by atoms with Crippen molar-refractivity contribution < 1.29 is 19.4 Å². The predicted octanol–water partition coefficient (Wildman–Crippen LogP) is 1.65. The number of carbonyl (C=O) groups excluding carboxylic acids is 1. The minimum Gasteiger partial charge on any atom is -0.480 e. The van der Waals surface area contributed by atoms with Crippen LogP contribution < -0.4 is 0 Å². The Labute approximate surface area is 120 Å². The Morgan fingerprint density at radius 3 is 2.65 bits per heavy atom. The zero-order valence-corrected chi connectivity index (χ0v) is 12.8. The fourth-order valence-electron chi connectivity index (χ4n) is 2.62. The maximum atomic E-state index is 12.5. The van der Waals surface area contributed by atoms with Crippen molar-refractivity contribution in [1.29, 1.82) is 0 Å². The van der Waals surface area contributed by atoms with Gasteiger partial charge in [-0.05, 0) is 25.7 Å². The van der Waals surface area contributed by atoms with Gasteiger partial charge < -0.3 is 19.6 Å². The summed E-state index contributed by atoms with van der Waals surface area (Å²) in [4.78, 5) is 26.9. The van der Waals surface area contributed by atoms with E-state index in [1.54, 1.807) is 19.1 Å². The summed E-state index contributed by atoms with van der Waals surface area (Å²) in [6, 6.07) is -1.01. The molecule has 3 unspecified atom stereocenters. The van der Waals surface area contributed by atoms with Gasteiger partial charge in [0.2, 0.25) is 0 Å². The van der Waals surface area contributed by atoms with Gasteiger partial charge in [-0.2, -0.15) is 0 Å². The summed E-state index contributed by atoms with van der Waals surface area (Å²) in [6.07, 6.45) is 2.38. The van der Waals surface area contributed by atoms with E-state index in [0.717, 1.165) is 12.8 Å². The van der Waals surface area contributed by atoms with Crippen LogP contribution in [0.2, 0.25) is 0 Å². The molecule has 0 aromatic carbocycles. The molecule has 1 rings (SSSR count). The van der Waals surface area contributed by atoms with E-state index in [-0.39, 0.29) is 12.1 Å². The summed E-state index contributed by atoms with van der Waals surface area (Å²) < 4.78 is 5.04. The number of ether oxygens (including phenoxy) is 1. The largest absolute Gasteiger partial charge is 0.480 e. The number of carboxylic acid groups (broad SMARTS) is 1. The summed E-state index contributed by atoms with van der Waals surface area (Å²) in [5, 5.41) is 9.36. The molecule has 0 saturated carbocycles. The number of hydrogen-bond donors (Lipinski definition) is 1. The number of methoxy groups -OCH3 is 1. The molecule has 0 aromatic heterocycles. The van der Waals surface area contributed by atoms with Gasteiger partial charge in [-0.15, -0.1) is 0 Å². The van der Waals surface area contributed by atoms with Crippen LogP contribution >= 0.6 is 0 Å². The van der Waals surface area contributed by atoms with Crippen LogP contribution in [0.5, 0.6) is 0 Å². The van der Waals surface area contributed by atoms with E-state index >= 15 is 0 Å². The molecule has 1 aliphatic rings. The number of aliphatic carboxylic acids is 1. The maximum absolute atomic E-state index is 12.5. The first-order valence-corrected chi connectivity index (χ1v) is 7.17. The van der Waals surface area contributed by atoms with Crippen LogP contribution in [0.15, 0.2) is 0 Å². The summed E-state index contributed by atoms with van der Waals surface area (Å²) >= 11 is 0. The van der Waals surface area contributed by atoms with Gasteiger partial charge in [0.05, 0.1) is 12.6 Å². The molecule has 1 N–H and O–H groups in total. The van der Waals surface area contributed by atoms with E-state index < -0.39 is 12.0 Å². The smallest absolute Gasteiger partial charge is 0.326 e. The molecule has 0 spiro atoms. The van der Waals surface area contributed by atoms with Gasteiger partial charge >= 0.3 is 12.0 Å². The molecule has 6 nitrogen and oxygen atoms in total. The van der Waals surface area contributed by atoms with E-state index in [0.29, 0.717) is 25.5 Å². The minimum absolute atomic E-state index is 0.0779. The predicted molar refractivity (Wildman–Crippen MR) is 75.6 cm³/mol. The highest BCUT2D eigenvalue weighted by atomic mass is 16.5. The maximum Gasteiger partial charge on any atom is 0.326 e. The summed E-state index contributed by atoms with van der Waals surface area (Å²) in [5.41, 5.74) is 0. The third-order valence-corrected chi connectivity index (χ3v) is 4.19. The number of hydrogen-bond acceptors (Lipinski definition) is 3. The van der Waals surface area contributed by atoms with E-state index in [1.807, 2.05) is 6.92 Å². The second kappa shape index (κ2) is 7.47. The summed E-state index contributed by atoms with van der Waals surface area (Å²) in [5.74, 6) is -0.522. The molecular formula is C14H26N2O4. The van der Waals surface area contributed by atoms with E-state index in [2.05, 4.69) is 6.92 Å². The molecule has 116 valence electrons. The Morgan fingerprint density at radius 1 is 1.50 bits per heavy atom. The fourth-order valence-corrected chi connectivity index (χ4v) is 2.62. The molecule has 1 fully saturated rings. The van der Waals surface area contributed by atoms with Crippen molar-refractivity contribution in [3.8, 4) is 0 Å². The lowest BCUT2D eigenvalue weighted by Crippen LogP contribution is -2.55. The fraction of sp³-hybridized carbons (Fsp3) is 0.857. The average Bonchev–Trinajstić information content (AvgIpc) is 2.45. The molecule has 1 heterocycles. The van der Waals surface area contributed by atoms with Gasteiger partial charge in [0.15, 0.2) is 0 Å². The quantitative estimate of drug-likeness (QED) is 0.834. The molecule has 0 aromatic rings. The Hall–Kier alpha value is -1.30. The van der Waals surface area contributed by atoms with Crippen molar-refractivity contribution in [2.45, 2.75) is 45.2 Å². The number of likely N-dealkylation sites (N-methyl/N-ethyl adjacent to an activating group) is 1. The van der Waals surface area contributed by atoms with Crippen molar-refractivity contribution in [1.82, 2.24) is 9.80 Å². The van der Waals surface area contributed by atoms with Gasteiger partial charge in [0.1, 0.15) is 6.04 Å². The first-order valence-electron chi connectivity index (χ1n) is 7.17. The van der Waals surface area contributed by atoms with Crippen LogP contribution in [0.25, 0.3) is 0 Å². The Bertz CT molecular complexity index is 348. The van der Waals surface area contributed by atoms with Gasteiger partial charge in [0.25, 0.3) is 0 Å². The second-order valence-corrected chi connectivity index (χ2v) is 5.54. The van der Waals surface area contributed by atoms with Crippen molar-refractivity contribution >= 4 is 12.0 Å². The Kier molecular flexibility index (Phi) is 6.26. The number of carbonyl (C=O) groups is 2. The van der Waals surface area contributed by atoms with Crippen molar-refractivity contribution in [3.63, 3.8) is 0 Å². The third kappa shape index (κ3) is 3.85. The topological polar surface area (TPSA) is 70.1 Å². The lowest BCUT2D eigenvalue weighted by atomic mass is 9.89. The summed E-state index contributed by atoms with van der Waals surface area (Å²) in [7, 11) is 3.28. The molecule has 0 bridgehead atoms.